The first kappa shape index (κ1) is 20.1. The van der Waals surface area contributed by atoms with E-state index >= 15 is 0 Å². The maximum Gasteiger partial charge on any atom is 0.368 e. The number of ether oxygens (including phenoxy) is 3. The van der Waals surface area contributed by atoms with E-state index in [9.17, 15) is 14.4 Å². The first-order valence-electron chi connectivity index (χ1n) is 9.44. The molecule has 152 valence electrons. The van der Waals surface area contributed by atoms with Gasteiger partial charge in [0.15, 0.2) is 0 Å². The molecule has 0 spiro atoms. The van der Waals surface area contributed by atoms with Gasteiger partial charge in [0.05, 0.1) is 26.4 Å². The molecule has 3 rings (SSSR count). The molecular formula is C20H27N2O6+. The highest BCUT2D eigenvalue weighted by Crippen LogP contribution is 2.46. The van der Waals surface area contributed by atoms with Crippen molar-refractivity contribution in [1.29, 1.82) is 0 Å². The Kier molecular flexibility index (Phi) is 5.34. The largest absolute Gasteiger partial charge is 0.497 e. The van der Waals surface area contributed by atoms with E-state index in [4.69, 9.17) is 14.2 Å². The van der Waals surface area contributed by atoms with Gasteiger partial charge in [0, 0.05) is 19.5 Å². The lowest BCUT2D eigenvalue weighted by atomic mass is 9.80. The van der Waals surface area contributed by atoms with E-state index in [1.54, 1.807) is 45.3 Å². The van der Waals surface area contributed by atoms with E-state index in [-0.39, 0.29) is 25.0 Å². The minimum absolute atomic E-state index is 0.204. The van der Waals surface area contributed by atoms with Crippen molar-refractivity contribution in [2.24, 2.45) is 11.8 Å². The highest BCUT2D eigenvalue weighted by atomic mass is 16.5. The van der Waals surface area contributed by atoms with Gasteiger partial charge in [0.2, 0.25) is 17.4 Å². The molecule has 4 atom stereocenters. The fourth-order valence-electron chi connectivity index (χ4n) is 4.49. The average molecular weight is 391 g/mol. The number of nitrogens with zero attached hydrogens (tertiary/aromatic N) is 1. The molecule has 2 aliphatic heterocycles. The number of fused-ring (bicyclic) bond motifs is 1. The molecule has 2 saturated heterocycles. The lowest BCUT2D eigenvalue weighted by Crippen LogP contribution is -2.97. The molecule has 8 nitrogen and oxygen atoms in total. The molecule has 1 aromatic carbocycles. The molecule has 2 heterocycles. The highest BCUT2D eigenvalue weighted by Gasteiger charge is 2.70. The number of imide groups is 1. The Morgan fingerprint density at radius 1 is 1.18 bits per heavy atom. The zero-order chi connectivity index (χ0) is 20.6. The molecule has 8 heteroatoms. The van der Waals surface area contributed by atoms with Crippen molar-refractivity contribution in [3.8, 4) is 11.5 Å². The summed E-state index contributed by atoms with van der Waals surface area (Å²) in [5, 5.41) is 1.79. The van der Waals surface area contributed by atoms with E-state index in [0.29, 0.717) is 11.5 Å². The Balaban J connectivity index is 2.12. The van der Waals surface area contributed by atoms with E-state index in [2.05, 4.69) is 0 Å². The van der Waals surface area contributed by atoms with Crippen molar-refractivity contribution in [3.63, 3.8) is 0 Å². The second-order valence-corrected chi connectivity index (χ2v) is 7.23. The normalized spacial score (nSPS) is 29.0. The standard InChI is InChI=1S/C20H26N2O6/c1-6-22-17(23)14-15(18(22)24)20(3,19(25)28-7-2)21-16(14)12-9-8-11(26-4)10-13(12)27-5/h8-10,14-16,21H,6-7H2,1-5H3/p+1/t14-,15+,16-,20-/m1/s1. The summed E-state index contributed by atoms with van der Waals surface area (Å²) in [4.78, 5) is 40.1. The van der Waals surface area contributed by atoms with Crippen LogP contribution in [0.15, 0.2) is 18.2 Å². The summed E-state index contributed by atoms with van der Waals surface area (Å²) in [7, 11) is 3.09. The van der Waals surface area contributed by atoms with Crippen LogP contribution in [-0.2, 0) is 19.1 Å². The monoisotopic (exact) mass is 391 g/mol. The number of hydrogen-bond donors (Lipinski definition) is 1. The van der Waals surface area contributed by atoms with Gasteiger partial charge in [-0.3, -0.25) is 14.5 Å². The van der Waals surface area contributed by atoms with Crippen molar-refractivity contribution >= 4 is 17.8 Å². The second-order valence-electron chi connectivity index (χ2n) is 7.23. The summed E-state index contributed by atoms with van der Waals surface area (Å²) in [5.74, 6) is -1.35. The Morgan fingerprint density at radius 2 is 1.89 bits per heavy atom. The highest BCUT2D eigenvalue weighted by molar-refractivity contribution is 6.08. The number of quaternary nitrogens is 1. The number of amides is 2. The van der Waals surface area contributed by atoms with E-state index in [0.717, 1.165) is 5.56 Å². The van der Waals surface area contributed by atoms with Crippen molar-refractivity contribution < 1.29 is 33.9 Å². The summed E-state index contributed by atoms with van der Waals surface area (Å²) in [5.41, 5.74) is -0.446. The number of carbonyl (C=O) groups is 3. The van der Waals surface area contributed by atoms with Gasteiger partial charge in [-0.1, -0.05) is 0 Å². The third-order valence-electron chi connectivity index (χ3n) is 5.83. The molecule has 0 bridgehead atoms. The number of nitrogens with two attached hydrogens (primary N) is 1. The Morgan fingerprint density at radius 3 is 2.46 bits per heavy atom. The third-order valence-corrected chi connectivity index (χ3v) is 5.83. The van der Waals surface area contributed by atoms with E-state index in [1.165, 1.54) is 12.0 Å². The SMILES string of the molecule is CCOC(=O)[C@]1(C)[NH2+][C@H](c2ccc(OC)cc2OC)[C@@H]2C(=O)N(CC)C(=O)[C@H]21. The van der Waals surface area contributed by atoms with Crippen molar-refractivity contribution in [3.05, 3.63) is 23.8 Å². The number of carbonyl (C=O) groups excluding carboxylic acids is 3. The molecule has 1 aromatic rings. The first-order valence-corrected chi connectivity index (χ1v) is 9.44. The van der Waals surface area contributed by atoms with Crippen molar-refractivity contribution in [2.75, 3.05) is 27.4 Å². The fourth-order valence-corrected chi connectivity index (χ4v) is 4.49. The van der Waals surface area contributed by atoms with Gasteiger partial charge in [0.25, 0.3) is 0 Å². The number of likely N-dealkylation sites (tertiary alicyclic amines) is 1. The number of hydrogen-bond acceptors (Lipinski definition) is 6. The predicted octanol–water partition coefficient (Wildman–Crippen LogP) is 0.265. The van der Waals surface area contributed by atoms with Crippen molar-refractivity contribution in [1.82, 2.24) is 4.90 Å². The van der Waals surface area contributed by atoms with Gasteiger partial charge in [-0.25, -0.2) is 4.79 Å². The smallest absolute Gasteiger partial charge is 0.368 e. The number of benzene rings is 1. The van der Waals surface area contributed by atoms with Crippen LogP contribution < -0.4 is 14.8 Å². The van der Waals surface area contributed by atoms with E-state index < -0.39 is 29.4 Å². The molecule has 0 saturated carbocycles. The minimum Gasteiger partial charge on any atom is -0.497 e. The van der Waals surface area contributed by atoms with Crippen molar-refractivity contribution in [2.45, 2.75) is 32.4 Å². The minimum atomic E-state index is -1.19. The fraction of sp³-hybridized carbons (Fsp3) is 0.550. The zero-order valence-electron chi connectivity index (χ0n) is 16.9. The zero-order valence-corrected chi connectivity index (χ0v) is 16.9. The molecule has 2 amide bonds. The van der Waals surface area contributed by atoms with Crippen LogP contribution in [0.3, 0.4) is 0 Å². The Labute approximate surface area is 164 Å². The summed E-state index contributed by atoms with van der Waals surface area (Å²) in [6.07, 6.45) is 0. The van der Waals surface area contributed by atoms with Crippen LogP contribution >= 0.6 is 0 Å². The molecule has 2 fully saturated rings. The van der Waals surface area contributed by atoms with Crippen LogP contribution in [0.5, 0.6) is 11.5 Å². The van der Waals surface area contributed by atoms with Gasteiger partial charge in [-0.15, -0.1) is 0 Å². The van der Waals surface area contributed by atoms with Crippen LogP contribution in [0.2, 0.25) is 0 Å². The third kappa shape index (κ3) is 2.83. The van der Waals surface area contributed by atoms with Gasteiger partial charge in [0.1, 0.15) is 29.4 Å². The van der Waals surface area contributed by atoms with Crippen LogP contribution in [0.1, 0.15) is 32.4 Å². The predicted molar refractivity (Wildman–Crippen MR) is 98.6 cm³/mol. The summed E-state index contributed by atoms with van der Waals surface area (Å²) in [6.45, 7) is 5.64. The summed E-state index contributed by atoms with van der Waals surface area (Å²) in [6, 6.07) is 4.88. The molecular weight excluding hydrogens is 364 g/mol. The van der Waals surface area contributed by atoms with E-state index in [1.807, 2.05) is 6.07 Å². The topological polar surface area (TPSA) is 98.8 Å². The first-order chi connectivity index (χ1) is 13.3. The van der Waals surface area contributed by atoms with Crippen LogP contribution in [0, 0.1) is 11.8 Å². The lowest BCUT2D eigenvalue weighted by molar-refractivity contribution is -0.731. The maximum atomic E-state index is 13.1. The van der Waals surface area contributed by atoms with Crippen LogP contribution in [-0.4, -0.2) is 55.6 Å². The van der Waals surface area contributed by atoms with Crippen LogP contribution in [0.4, 0.5) is 0 Å². The molecule has 0 unspecified atom stereocenters. The number of rotatable bonds is 6. The number of esters is 1. The quantitative estimate of drug-likeness (QED) is 0.552. The molecule has 28 heavy (non-hydrogen) atoms. The lowest BCUT2D eigenvalue weighted by Gasteiger charge is -2.26. The molecule has 0 aliphatic carbocycles. The van der Waals surface area contributed by atoms with Crippen LogP contribution in [0.25, 0.3) is 0 Å². The van der Waals surface area contributed by atoms with Gasteiger partial charge < -0.3 is 19.5 Å². The van der Waals surface area contributed by atoms with Gasteiger partial charge in [-0.05, 0) is 26.0 Å². The number of methoxy groups -OCH3 is 2. The maximum absolute atomic E-state index is 13.1. The Hall–Kier alpha value is -2.61. The van der Waals surface area contributed by atoms with Gasteiger partial charge >= 0.3 is 5.97 Å². The molecule has 0 aromatic heterocycles. The molecule has 0 radical (unpaired) electrons. The van der Waals surface area contributed by atoms with Gasteiger partial charge in [-0.2, -0.15) is 0 Å². The summed E-state index contributed by atoms with van der Waals surface area (Å²) < 4.78 is 16.0. The second kappa shape index (κ2) is 7.43. The summed E-state index contributed by atoms with van der Waals surface area (Å²) >= 11 is 0. The Bertz CT molecular complexity index is 810. The molecule has 2 N–H and O–H groups in total. The average Bonchev–Trinajstić information content (AvgIpc) is 3.15. The molecule has 2 aliphatic rings.